The van der Waals surface area contributed by atoms with Crippen LogP contribution in [0.4, 0.5) is 5.69 Å². The number of nitrogen functional groups attached to an aromatic ring is 1. The van der Waals surface area contributed by atoms with Crippen LogP contribution in [0.1, 0.15) is 55.8 Å². The second kappa shape index (κ2) is 7.20. The SMILES string of the molecule is CCN1C[C@]23CCC=CC[C@@]2(O)[C@@](COC(=O)c2ccccc2N)(CCC3)C1. The van der Waals surface area contributed by atoms with Gasteiger partial charge in [-0.1, -0.05) is 37.6 Å². The van der Waals surface area contributed by atoms with E-state index in [4.69, 9.17) is 10.5 Å². The summed E-state index contributed by atoms with van der Waals surface area (Å²) in [7, 11) is 0. The molecule has 1 aliphatic heterocycles. The van der Waals surface area contributed by atoms with Gasteiger partial charge in [0.05, 0.1) is 11.2 Å². The number of nitrogens with two attached hydrogens (primary N) is 1. The van der Waals surface area contributed by atoms with Crippen molar-refractivity contribution in [1.82, 2.24) is 4.90 Å². The van der Waals surface area contributed by atoms with Crippen molar-refractivity contribution in [3.8, 4) is 0 Å². The first-order valence-corrected chi connectivity index (χ1v) is 10.6. The maximum atomic E-state index is 12.7. The lowest BCUT2D eigenvalue weighted by molar-refractivity contribution is -0.254. The number of allylic oxidation sites excluding steroid dienone is 1. The Kier molecular flexibility index (Phi) is 5.00. The van der Waals surface area contributed by atoms with Gasteiger partial charge in [-0.25, -0.2) is 4.79 Å². The van der Waals surface area contributed by atoms with Crippen molar-refractivity contribution >= 4 is 11.7 Å². The zero-order valence-electron chi connectivity index (χ0n) is 16.8. The molecule has 0 unspecified atom stereocenters. The van der Waals surface area contributed by atoms with E-state index in [0.717, 1.165) is 51.7 Å². The molecule has 0 spiro atoms. The Hall–Kier alpha value is -1.85. The number of piperidine rings is 1. The molecule has 28 heavy (non-hydrogen) atoms. The molecular formula is C23H32N2O3. The second-order valence-corrected chi connectivity index (χ2v) is 8.96. The largest absolute Gasteiger partial charge is 0.461 e. The third kappa shape index (κ3) is 2.87. The van der Waals surface area contributed by atoms with E-state index in [1.807, 2.05) is 0 Å². The predicted octanol–water partition coefficient (Wildman–Crippen LogP) is 3.39. The average Bonchev–Trinajstić information content (AvgIpc) is 2.85. The summed E-state index contributed by atoms with van der Waals surface area (Å²) < 4.78 is 5.84. The van der Waals surface area contributed by atoms with Gasteiger partial charge in [0.25, 0.3) is 0 Å². The van der Waals surface area contributed by atoms with Crippen LogP contribution in [0.3, 0.4) is 0 Å². The van der Waals surface area contributed by atoms with Crippen molar-refractivity contribution in [3.05, 3.63) is 42.0 Å². The summed E-state index contributed by atoms with van der Waals surface area (Å²) in [4.78, 5) is 15.2. The van der Waals surface area contributed by atoms with Crippen LogP contribution in [-0.2, 0) is 4.74 Å². The minimum Gasteiger partial charge on any atom is -0.461 e. The molecule has 2 bridgehead atoms. The molecule has 4 rings (SSSR count). The first-order valence-electron chi connectivity index (χ1n) is 10.6. The fourth-order valence-electron chi connectivity index (χ4n) is 6.07. The summed E-state index contributed by atoms with van der Waals surface area (Å²) in [6.07, 6.45) is 10.0. The molecule has 5 nitrogen and oxygen atoms in total. The molecule has 5 heteroatoms. The Morgan fingerprint density at radius 3 is 2.82 bits per heavy atom. The van der Waals surface area contributed by atoms with Crippen LogP contribution in [0.5, 0.6) is 0 Å². The number of hydrogen-bond acceptors (Lipinski definition) is 5. The lowest BCUT2D eigenvalue weighted by Crippen LogP contribution is -2.73. The number of para-hydroxylation sites is 1. The molecule has 2 aliphatic carbocycles. The smallest absolute Gasteiger partial charge is 0.340 e. The van der Waals surface area contributed by atoms with E-state index in [2.05, 4.69) is 24.0 Å². The number of carbonyl (C=O) groups excluding carboxylic acids is 1. The van der Waals surface area contributed by atoms with E-state index in [-0.39, 0.29) is 12.0 Å². The third-order valence-electron chi connectivity index (χ3n) is 7.59. The molecule has 1 saturated carbocycles. The Morgan fingerprint density at radius 1 is 1.21 bits per heavy atom. The quantitative estimate of drug-likeness (QED) is 0.473. The van der Waals surface area contributed by atoms with Gasteiger partial charge in [-0.05, 0) is 50.8 Å². The van der Waals surface area contributed by atoms with Gasteiger partial charge in [0.15, 0.2) is 0 Å². The number of hydrogen-bond donors (Lipinski definition) is 2. The van der Waals surface area contributed by atoms with Gasteiger partial charge >= 0.3 is 5.97 Å². The molecule has 1 aromatic carbocycles. The van der Waals surface area contributed by atoms with Crippen molar-refractivity contribution in [2.24, 2.45) is 10.8 Å². The minimum absolute atomic E-state index is 0.124. The Morgan fingerprint density at radius 2 is 2.04 bits per heavy atom. The first-order chi connectivity index (χ1) is 13.5. The van der Waals surface area contributed by atoms with E-state index >= 15 is 0 Å². The van der Waals surface area contributed by atoms with Crippen LogP contribution < -0.4 is 5.73 Å². The predicted molar refractivity (Wildman–Crippen MR) is 110 cm³/mol. The molecule has 0 radical (unpaired) electrons. The standard InChI is InChI=1S/C23H32N2O3/c1-2-25-15-21-11-6-3-7-14-23(21,27)22(16-25,13-8-12-21)17-28-20(26)18-9-4-5-10-19(18)24/h3-5,7,9-10,27H,2,6,8,11-17,24H2,1H3/t21-,22+,23+/m1/s1. The maximum Gasteiger partial charge on any atom is 0.340 e. The second-order valence-electron chi connectivity index (χ2n) is 8.96. The highest BCUT2D eigenvalue weighted by atomic mass is 16.5. The first kappa shape index (κ1) is 19.5. The fourth-order valence-corrected chi connectivity index (χ4v) is 6.07. The Labute approximate surface area is 167 Å². The number of esters is 1. The van der Waals surface area contributed by atoms with Crippen LogP contribution in [0.15, 0.2) is 36.4 Å². The summed E-state index contributed by atoms with van der Waals surface area (Å²) in [5, 5.41) is 12.1. The Balaban J connectivity index is 1.65. The molecule has 1 saturated heterocycles. The molecule has 1 heterocycles. The molecule has 3 atom stereocenters. The number of carbonyl (C=O) groups is 1. The number of rotatable bonds is 4. The highest BCUT2D eigenvalue weighted by molar-refractivity contribution is 5.94. The fraction of sp³-hybridized carbons (Fsp3) is 0.609. The van der Waals surface area contributed by atoms with Gasteiger partial charge in [0, 0.05) is 29.6 Å². The lowest BCUT2D eigenvalue weighted by Gasteiger charge is -2.66. The topological polar surface area (TPSA) is 75.8 Å². The number of benzene rings is 1. The highest BCUT2D eigenvalue weighted by Gasteiger charge is 2.67. The summed E-state index contributed by atoms with van der Waals surface area (Å²) in [5.41, 5.74) is 5.39. The van der Waals surface area contributed by atoms with Crippen LogP contribution in [-0.4, -0.2) is 47.8 Å². The number of ether oxygens (including phenoxy) is 1. The molecule has 152 valence electrons. The van der Waals surface area contributed by atoms with E-state index in [1.165, 1.54) is 0 Å². The summed E-state index contributed by atoms with van der Waals surface area (Å²) in [5.74, 6) is -0.398. The summed E-state index contributed by atoms with van der Waals surface area (Å²) in [6, 6.07) is 7.01. The molecular weight excluding hydrogens is 352 g/mol. The van der Waals surface area contributed by atoms with E-state index in [1.54, 1.807) is 24.3 Å². The number of aliphatic hydroxyl groups is 1. The third-order valence-corrected chi connectivity index (χ3v) is 7.59. The van der Waals surface area contributed by atoms with E-state index in [0.29, 0.717) is 17.7 Å². The average molecular weight is 385 g/mol. The molecule has 2 fully saturated rings. The zero-order valence-corrected chi connectivity index (χ0v) is 16.8. The molecule has 0 aromatic heterocycles. The number of nitrogens with zero attached hydrogens (tertiary/aromatic N) is 1. The normalized spacial score (nSPS) is 35.1. The van der Waals surface area contributed by atoms with Crippen LogP contribution in [0.25, 0.3) is 0 Å². The molecule has 0 amide bonds. The summed E-state index contributed by atoms with van der Waals surface area (Å²) >= 11 is 0. The van der Waals surface area contributed by atoms with Gasteiger partial charge in [0.1, 0.15) is 6.61 Å². The van der Waals surface area contributed by atoms with Crippen LogP contribution >= 0.6 is 0 Å². The monoisotopic (exact) mass is 384 g/mol. The van der Waals surface area contributed by atoms with Crippen molar-refractivity contribution in [1.29, 1.82) is 0 Å². The van der Waals surface area contributed by atoms with Gasteiger partial charge in [0.2, 0.25) is 0 Å². The zero-order chi connectivity index (χ0) is 19.8. The Bertz CT molecular complexity index is 779. The van der Waals surface area contributed by atoms with Crippen molar-refractivity contribution in [2.75, 3.05) is 32.0 Å². The molecule has 1 aromatic rings. The molecule has 3 N–H and O–H groups in total. The van der Waals surface area contributed by atoms with Gasteiger partial charge in [-0.15, -0.1) is 0 Å². The van der Waals surface area contributed by atoms with Crippen LogP contribution in [0.2, 0.25) is 0 Å². The number of anilines is 1. The van der Waals surface area contributed by atoms with E-state index in [9.17, 15) is 9.90 Å². The number of likely N-dealkylation sites (tertiary alicyclic amines) is 1. The van der Waals surface area contributed by atoms with Gasteiger partial charge < -0.3 is 20.5 Å². The van der Waals surface area contributed by atoms with Crippen LogP contribution in [0, 0.1) is 10.8 Å². The summed E-state index contributed by atoms with van der Waals surface area (Å²) in [6.45, 7) is 5.07. The molecule has 3 aliphatic rings. The van der Waals surface area contributed by atoms with Gasteiger partial charge in [-0.3, -0.25) is 0 Å². The minimum atomic E-state index is -0.834. The van der Waals surface area contributed by atoms with Crippen molar-refractivity contribution in [2.45, 2.75) is 51.0 Å². The maximum absolute atomic E-state index is 12.7. The lowest BCUT2D eigenvalue weighted by atomic mass is 9.47. The van der Waals surface area contributed by atoms with Crippen molar-refractivity contribution < 1.29 is 14.6 Å². The van der Waals surface area contributed by atoms with E-state index < -0.39 is 17.0 Å². The van der Waals surface area contributed by atoms with Gasteiger partial charge in [-0.2, -0.15) is 0 Å². The van der Waals surface area contributed by atoms with Crippen molar-refractivity contribution in [3.63, 3.8) is 0 Å². The highest BCUT2D eigenvalue weighted by Crippen LogP contribution is 2.62.